The Kier molecular flexibility index (Phi) is 6.94. The van der Waals surface area contributed by atoms with Crippen LogP contribution in [-0.4, -0.2) is 103 Å². The Hall–Kier alpha value is -1.76. The largest absolute Gasteiger partial charge is 0.397 e. The minimum Gasteiger partial charge on any atom is -0.385 e. The fourth-order valence-corrected chi connectivity index (χ4v) is 4.49. The van der Waals surface area contributed by atoms with Crippen LogP contribution in [0.1, 0.15) is 19.8 Å². The molecule has 7 N–H and O–H groups in total. The maximum atomic E-state index is 13.0. The van der Waals surface area contributed by atoms with Crippen LogP contribution in [0.2, 0.25) is 0 Å². The van der Waals surface area contributed by atoms with Crippen LogP contribution in [0.3, 0.4) is 0 Å². The highest BCUT2D eigenvalue weighted by Gasteiger charge is 2.61. The maximum absolute atomic E-state index is 13.0. The summed E-state index contributed by atoms with van der Waals surface area (Å²) in [5.41, 5.74) is 4.91. The molecule has 3 aliphatic rings. The number of hydrogen-bond acceptors (Lipinski definition) is 12. The number of fused-ring (bicyclic) bond motifs is 1. The molecule has 0 aromatic heterocycles. The van der Waals surface area contributed by atoms with E-state index in [0.717, 1.165) is 4.90 Å². The van der Waals surface area contributed by atoms with Crippen molar-refractivity contribution >= 4 is 28.6 Å². The number of ether oxygens (including phenoxy) is 1. The number of amides is 2. The summed E-state index contributed by atoms with van der Waals surface area (Å²) in [7, 11) is -3.14. The van der Waals surface area contributed by atoms with E-state index < -0.39 is 52.8 Å². The molecule has 2 amide bonds. The molecule has 31 heavy (non-hydrogen) atoms. The molecule has 2 unspecified atom stereocenters. The SMILES string of the molecule is C[C@H]1O[C@@H](N2C(=O)NC3(N(C)CCCCON)C2=NC=NC3N)[C@H](O)[C@@H]1OS(=O)(=O)O. The molecule has 2 fully saturated rings. The van der Waals surface area contributed by atoms with E-state index in [4.69, 9.17) is 20.9 Å². The van der Waals surface area contributed by atoms with Gasteiger partial charge in [-0.2, -0.15) is 8.42 Å². The van der Waals surface area contributed by atoms with Gasteiger partial charge in [-0.05, 0) is 26.8 Å². The fraction of sp³-hybridized carbons (Fsp3) is 0.800. The first kappa shape index (κ1) is 23.9. The number of aliphatic hydroxyl groups excluding tert-OH is 1. The van der Waals surface area contributed by atoms with Crippen LogP contribution in [0.4, 0.5) is 4.79 Å². The number of rotatable bonds is 9. The third-order valence-corrected chi connectivity index (χ3v) is 5.93. The number of carbonyl (C=O) groups excluding carboxylic acids is 1. The molecule has 0 bridgehead atoms. The van der Waals surface area contributed by atoms with Gasteiger partial charge in [0, 0.05) is 6.54 Å². The number of unbranched alkanes of at least 4 members (excludes halogenated alkanes) is 1. The molecular weight excluding hydrogens is 438 g/mol. The number of nitrogens with one attached hydrogen (secondary N) is 1. The van der Waals surface area contributed by atoms with Crippen LogP contribution < -0.4 is 16.9 Å². The zero-order valence-electron chi connectivity index (χ0n) is 17.0. The van der Waals surface area contributed by atoms with E-state index in [1.165, 1.54) is 13.3 Å². The van der Waals surface area contributed by atoms with Gasteiger partial charge in [0.2, 0.25) is 0 Å². The topological polar surface area (TPSA) is 215 Å². The lowest BCUT2D eigenvalue weighted by molar-refractivity contribution is -0.0390. The number of nitrogens with two attached hydrogens (primary N) is 2. The summed E-state index contributed by atoms with van der Waals surface area (Å²) < 4.78 is 41.4. The molecule has 6 atom stereocenters. The molecule has 0 spiro atoms. The number of aliphatic imine (C=N–C) groups is 2. The first-order valence-corrected chi connectivity index (χ1v) is 10.9. The molecule has 3 rings (SSSR count). The average molecular weight is 465 g/mol. The maximum Gasteiger partial charge on any atom is 0.397 e. The quantitative estimate of drug-likeness (QED) is 0.134. The Morgan fingerprint density at radius 3 is 2.81 bits per heavy atom. The fourth-order valence-electron chi connectivity index (χ4n) is 3.94. The lowest BCUT2D eigenvalue weighted by Crippen LogP contribution is -2.70. The molecule has 0 aliphatic carbocycles. The van der Waals surface area contributed by atoms with Crippen LogP contribution in [0.5, 0.6) is 0 Å². The summed E-state index contributed by atoms with van der Waals surface area (Å²) in [4.78, 5) is 28.7. The van der Waals surface area contributed by atoms with Crippen LogP contribution in [0.15, 0.2) is 9.98 Å². The van der Waals surface area contributed by atoms with Gasteiger partial charge in [0.1, 0.15) is 24.7 Å². The second-order valence-electron chi connectivity index (χ2n) is 7.44. The molecule has 15 nitrogen and oxygen atoms in total. The van der Waals surface area contributed by atoms with Gasteiger partial charge in [-0.25, -0.2) is 24.8 Å². The highest BCUT2D eigenvalue weighted by Crippen LogP contribution is 2.35. The second-order valence-corrected chi connectivity index (χ2v) is 8.49. The van der Waals surface area contributed by atoms with Crippen molar-refractivity contribution in [3.05, 3.63) is 0 Å². The van der Waals surface area contributed by atoms with Gasteiger partial charge in [-0.15, -0.1) is 0 Å². The van der Waals surface area contributed by atoms with Crippen LogP contribution in [0, 0.1) is 0 Å². The van der Waals surface area contributed by atoms with Crippen molar-refractivity contribution in [2.24, 2.45) is 21.6 Å². The van der Waals surface area contributed by atoms with Crippen molar-refractivity contribution in [2.45, 2.75) is 56.1 Å². The van der Waals surface area contributed by atoms with Crippen molar-refractivity contribution in [2.75, 3.05) is 20.2 Å². The molecule has 16 heteroatoms. The predicted octanol–water partition coefficient (Wildman–Crippen LogP) is -2.67. The summed E-state index contributed by atoms with van der Waals surface area (Å²) in [5, 5.41) is 13.4. The standard InChI is InChI=1S/C15H27N7O8S/c1-8-10(30-31(25,26)27)9(23)11(29-8)22-13-15(20-14(22)24,12(16)18-7-19-13)21(2)5-3-4-6-28-17/h7-12,23H,3-6,16-17H2,1-2H3,(H,20,24)(H,25,26,27)/t8-,9-,10-,11-,12?,15?/m1/s1. The van der Waals surface area contributed by atoms with Gasteiger partial charge in [0.15, 0.2) is 17.7 Å². The molecule has 2 saturated heterocycles. The monoisotopic (exact) mass is 465 g/mol. The van der Waals surface area contributed by atoms with Gasteiger partial charge in [-0.1, -0.05) is 0 Å². The van der Waals surface area contributed by atoms with Crippen molar-refractivity contribution < 1.29 is 36.6 Å². The smallest absolute Gasteiger partial charge is 0.385 e. The Balaban J connectivity index is 1.87. The summed E-state index contributed by atoms with van der Waals surface area (Å²) in [6.07, 6.45) is -3.77. The van der Waals surface area contributed by atoms with Crippen molar-refractivity contribution in [3.8, 4) is 0 Å². The summed E-state index contributed by atoms with van der Waals surface area (Å²) in [6.45, 7) is 2.26. The third kappa shape index (κ3) is 4.43. The van der Waals surface area contributed by atoms with Crippen LogP contribution >= 0.6 is 0 Å². The van der Waals surface area contributed by atoms with Gasteiger partial charge in [-0.3, -0.25) is 14.4 Å². The molecular formula is C15H27N7O8S. The Bertz CT molecular complexity index is 854. The first-order chi connectivity index (χ1) is 14.5. The van der Waals surface area contributed by atoms with Crippen LogP contribution in [-0.2, 0) is 24.2 Å². The van der Waals surface area contributed by atoms with Gasteiger partial charge in [0.25, 0.3) is 0 Å². The summed E-state index contributed by atoms with van der Waals surface area (Å²) in [5.74, 6) is 5.16. The van der Waals surface area contributed by atoms with E-state index >= 15 is 0 Å². The molecule has 176 valence electrons. The third-order valence-electron chi connectivity index (χ3n) is 5.46. The molecule has 0 radical (unpaired) electrons. The van der Waals surface area contributed by atoms with E-state index in [0.29, 0.717) is 26.0 Å². The molecule has 0 aromatic rings. The normalized spacial score (nSPS) is 35.5. The lowest BCUT2D eigenvalue weighted by atomic mass is 10.0. The van der Waals surface area contributed by atoms with Gasteiger partial charge in [0.05, 0.1) is 12.7 Å². The molecule has 3 heterocycles. The molecule has 0 saturated carbocycles. The van der Waals surface area contributed by atoms with Crippen molar-refractivity contribution in [1.82, 2.24) is 15.1 Å². The number of aliphatic hydroxyl groups is 1. The number of likely N-dealkylation sites (N-methyl/N-ethyl adjacent to an activating group) is 1. The number of nitrogens with zero attached hydrogens (tertiary/aromatic N) is 4. The number of amidine groups is 1. The van der Waals surface area contributed by atoms with Crippen LogP contribution in [0.25, 0.3) is 0 Å². The van der Waals surface area contributed by atoms with Crippen molar-refractivity contribution in [3.63, 3.8) is 0 Å². The average Bonchev–Trinajstić information content (AvgIpc) is 3.13. The highest BCUT2D eigenvalue weighted by atomic mass is 32.3. The van der Waals surface area contributed by atoms with E-state index in [-0.39, 0.29) is 5.84 Å². The Labute approximate surface area is 178 Å². The Morgan fingerprint density at radius 2 is 2.16 bits per heavy atom. The minimum absolute atomic E-state index is 0.126. The highest BCUT2D eigenvalue weighted by molar-refractivity contribution is 7.80. The van der Waals surface area contributed by atoms with E-state index in [2.05, 4.69) is 24.3 Å². The number of urea groups is 1. The zero-order valence-corrected chi connectivity index (χ0v) is 17.8. The minimum atomic E-state index is -4.86. The summed E-state index contributed by atoms with van der Waals surface area (Å²) in [6, 6.07) is -0.680. The zero-order chi connectivity index (χ0) is 23.0. The predicted molar refractivity (Wildman–Crippen MR) is 106 cm³/mol. The van der Waals surface area contributed by atoms with Gasteiger partial charge >= 0.3 is 16.4 Å². The van der Waals surface area contributed by atoms with E-state index in [1.807, 2.05) is 0 Å². The number of carbonyl (C=O) groups is 1. The Morgan fingerprint density at radius 1 is 1.45 bits per heavy atom. The first-order valence-electron chi connectivity index (χ1n) is 9.52. The molecule has 3 aliphatic heterocycles. The summed E-state index contributed by atoms with van der Waals surface area (Å²) >= 11 is 0. The second kappa shape index (κ2) is 9.00. The van der Waals surface area contributed by atoms with E-state index in [9.17, 15) is 18.3 Å². The number of hydrogen-bond donors (Lipinski definition) is 5. The van der Waals surface area contributed by atoms with Crippen molar-refractivity contribution in [1.29, 1.82) is 0 Å². The van der Waals surface area contributed by atoms with E-state index in [1.54, 1.807) is 11.9 Å². The van der Waals surface area contributed by atoms with Gasteiger partial charge < -0.3 is 25.7 Å². The lowest BCUT2D eigenvalue weighted by Gasteiger charge is -2.42. The molecule has 0 aromatic carbocycles.